The quantitative estimate of drug-likeness (QED) is 0.846. The van der Waals surface area contributed by atoms with Crippen LogP contribution in [0.5, 0.6) is 5.88 Å². The first-order chi connectivity index (χ1) is 9.55. The van der Waals surface area contributed by atoms with Gasteiger partial charge in [0.15, 0.2) is 0 Å². The average molecular weight is 316 g/mol. The van der Waals surface area contributed by atoms with Crippen LogP contribution in [0, 0.1) is 6.92 Å². The van der Waals surface area contributed by atoms with E-state index in [9.17, 15) is 26.3 Å². The highest BCUT2D eigenvalue weighted by atomic mass is 19.4. The minimum Gasteiger partial charge on any atom is -0.455 e. The fourth-order valence-corrected chi connectivity index (χ4v) is 1.52. The van der Waals surface area contributed by atoms with Gasteiger partial charge in [-0.3, -0.25) is 0 Å². The molecular weight excluding hydrogens is 302 g/mol. The molecule has 0 aliphatic rings. The van der Waals surface area contributed by atoms with E-state index in [4.69, 9.17) is 0 Å². The molecule has 0 bridgehead atoms. The molecular formula is C12H14F6N2O. The number of aromatic nitrogens is 1. The first-order valence-electron chi connectivity index (χ1n) is 6.03. The molecule has 0 fully saturated rings. The van der Waals surface area contributed by atoms with E-state index in [1.54, 1.807) is 0 Å². The maximum atomic E-state index is 12.4. The topological polar surface area (TPSA) is 34.1 Å². The monoisotopic (exact) mass is 316 g/mol. The lowest BCUT2D eigenvalue weighted by Crippen LogP contribution is -2.46. The first-order valence-corrected chi connectivity index (χ1v) is 6.03. The van der Waals surface area contributed by atoms with Gasteiger partial charge in [0.1, 0.15) is 0 Å². The van der Waals surface area contributed by atoms with E-state index in [1.165, 1.54) is 13.0 Å². The zero-order valence-electron chi connectivity index (χ0n) is 11.3. The predicted octanol–water partition coefficient (Wildman–Crippen LogP) is 3.37. The van der Waals surface area contributed by atoms with Crippen LogP contribution in [0.2, 0.25) is 0 Å². The van der Waals surface area contributed by atoms with Crippen LogP contribution in [0.3, 0.4) is 0 Å². The second-order valence-corrected chi connectivity index (χ2v) is 4.26. The standard InChI is InChI=1S/C12H14F6N2O/c1-3-19-6-8-4-5-9(20-7(8)2)21-10(11(13,14)15)12(16,17)18/h4-5,10,19H,3,6H2,1-2H3. The molecule has 1 rings (SSSR count). The summed E-state index contributed by atoms with van der Waals surface area (Å²) in [4.78, 5) is 3.63. The number of rotatable bonds is 5. The molecule has 0 aromatic carbocycles. The Morgan fingerprint density at radius 3 is 2.14 bits per heavy atom. The minimum absolute atomic E-state index is 0.302. The number of halogens is 6. The van der Waals surface area contributed by atoms with Crippen LogP contribution in [0.15, 0.2) is 12.1 Å². The number of hydrogen-bond donors (Lipinski definition) is 1. The van der Waals surface area contributed by atoms with Gasteiger partial charge in [-0.2, -0.15) is 26.3 Å². The summed E-state index contributed by atoms with van der Waals surface area (Å²) in [5.41, 5.74) is 0.969. The van der Waals surface area contributed by atoms with Gasteiger partial charge in [-0.1, -0.05) is 13.0 Å². The summed E-state index contributed by atoms with van der Waals surface area (Å²) in [6.45, 7) is 4.42. The molecule has 0 radical (unpaired) electrons. The fraction of sp³-hybridized carbons (Fsp3) is 0.583. The van der Waals surface area contributed by atoms with Crippen LogP contribution in [0.4, 0.5) is 26.3 Å². The van der Waals surface area contributed by atoms with E-state index < -0.39 is 24.3 Å². The van der Waals surface area contributed by atoms with Crippen molar-refractivity contribution in [2.45, 2.75) is 38.8 Å². The van der Waals surface area contributed by atoms with Crippen LogP contribution < -0.4 is 10.1 Å². The van der Waals surface area contributed by atoms with Crippen molar-refractivity contribution in [2.24, 2.45) is 0 Å². The van der Waals surface area contributed by atoms with E-state index >= 15 is 0 Å². The van der Waals surface area contributed by atoms with Crippen molar-refractivity contribution in [3.63, 3.8) is 0 Å². The van der Waals surface area contributed by atoms with E-state index in [-0.39, 0.29) is 0 Å². The lowest BCUT2D eigenvalue weighted by Gasteiger charge is -2.23. The molecule has 0 aliphatic heterocycles. The van der Waals surface area contributed by atoms with Crippen LogP contribution in [-0.4, -0.2) is 30.0 Å². The Hall–Kier alpha value is -1.51. The number of ether oxygens (including phenoxy) is 1. The predicted molar refractivity (Wildman–Crippen MR) is 62.9 cm³/mol. The Morgan fingerprint density at radius 1 is 1.14 bits per heavy atom. The Balaban J connectivity index is 2.93. The smallest absolute Gasteiger partial charge is 0.434 e. The molecule has 3 nitrogen and oxygen atoms in total. The van der Waals surface area contributed by atoms with Crippen LogP contribution in [-0.2, 0) is 6.54 Å². The third-order valence-electron chi connectivity index (χ3n) is 2.57. The van der Waals surface area contributed by atoms with E-state index in [0.29, 0.717) is 24.3 Å². The molecule has 0 amide bonds. The summed E-state index contributed by atoms with van der Waals surface area (Å²) < 4.78 is 78.2. The Kier molecular flexibility index (Phi) is 5.43. The number of alkyl halides is 6. The molecule has 0 atom stereocenters. The second-order valence-electron chi connectivity index (χ2n) is 4.26. The Morgan fingerprint density at radius 2 is 1.71 bits per heavy atom. The summed E-state index contributed by atoms with van der Waals surface area (Å²) in [6.07, 6.45) is -15.0. The average Bonchev–Trinajstić information content (AvgIpc) is 2.32. The van der Waals surface area contributed by atoms with E-state index in [2.05, 4.69) is 15.0 Å². The molecule has 120 valence electrons. The van der Waals surface area contributed by atoms with Gasteiger partial charge in [0.05, 0.1) is 0 Å². The fourth-order valence-electron chi connectivity index (χ4n) is 1.52. The van der Waals surface area contributed by atoms with Crippen molar-refractivity contribution >= 4 is 0 Å². The highest BCUT2D eigenvalue weighted by Gasteiger charge is 2.59. The van der Waals surface area contributed by atoms with Gasteiger partial charge in [0.25, 0.3) is 6.10 Å². The maximum absolute atomic E-state index is 12.4. The van der Waals surface area contributed by atoms with Crippen molar-refractivity contribution in [2.75, 3.05) is 6.54 Å². The van der Waals surface area contributed by atoms with Crippen molar-refractivity contribution < 1.29 is 31.1 Å². The van der Waals surface area contributed by atoms with Crippen LogP contribution in [0.25, 0.3) is 0 Å². The normalized spacial score (nSPS) is 12.8. The number of nitrogens with one attached hydrogen (secondary N) is 1. The maximum Gasteiger partial charge on any atom is 0.434 e. The summed E-state index contributed by atoms with van der Waals surface area (Å²) in [6, 6.07) is 2.37. The molecule has 0 aliphatic carbocycles. The van der Waals surface area contributed by atoms with Gasteiger partial charge in [0.2, 0.25) is 5.88 Å². The summed E-state index contributed by atoms with van der Waals surface area (Å²) >= 11 is 0. The third-order valence-corrected chi connectivity index (χ3v) is 2.57. The SMILES string of the molecule is CCNCc1ccc(OC(C(F)(F)F)C(F)(F)F)nc1C. The zero-order chi connectivity index (χ0) is 16.3. The first kappa shape index (κ1) is 17.5. The molecule has 1 N–H and O–H groups in total. The largest absolute Gasteiger partial charge is 0.455 e. The van der Waals surface area contributed by atoms with Gasteiger partial charge < -0.3 is 10.1 Å². The van der Waals surface area contributed by atoms with Gasteiger partial charge in [0, 0.05) is 18.3 Å². The van der Waals surface area contributed by atoms with Crippen LogP contribution in [0.1, 0.15) is 18.2 Å². The lowest BCUT2D eigenvalue weighted by atomic mass is 10.2. The summed E-state index contributed by atoms with van der Waals surface area (Å²) in [5, 5.41) is 2.97. The van der Waals surface area contributed by atoms with Crippen molar-refractivity contribution in [1.29, 1.82) is 0 Å². The van der Waals surface area contributed by atoms with Gasteiger partial charge in [-0.05, 0) is 19.0 Å². The number of nitrogens with zero attached hydrogens (tertiary/aromatic N) is 1. The highest BCUT2D eigenvalue weighted by Crippen LogP contribution is 2.36. The summed E-state index contributed by atoms with van der Waals surface area (Å²) in [5.74, 6) is -0.715. The molecule has 0 saturated carbocycles. The molecule has 0 unspecified atom stereocenters. The molecule has 9 heteroatoms. The minimum atomic E-state index is -5.56. The van der Waals surface area contributed by atoms with Gasteiger partial charge >= 0.3 is 12.4 Å². The Labute approximate surface area is 117 Å². The lowest BCUT2D eigenvalue weighted by molar-refractivity contribution is -0.300. The molecule has 21 heavy (non-hydrogen) atoms. The van der Waals surface area contributed by atoms with Gasteiger partial charge in [-0.15, -0.1) is 0 Å². The van der Waals surface area contributed by atoms with Crippen LogP contribution >= 0.6 is 0 Å². The van der Waals surface area contributed by atoms with Crippen molar-refractivity contribution in [3.8, 4) is 5.88 Å². The van der Waals surface area contributed by atoms with E-state index in [1.807, 2.05) is 6.92 Å². The van der Waals surface area contributed by atoms with E-state index in [0.717, 1.165) is 6.07 Å². The highest BCUT2D eigenvalue weighted by molar-refractivity contribution is 5.25. The Bertz CT molecular complexity index is 458. The molecule has 1 heterocycles. The summed E-state index contributed by atoms with van der Waals surface area (Å²) in [7, 11) is 0. The van der Waals surface area contributed by atoms with Crippen molar-refractivity contribution in [3.05, 3.63) is 23.4 Å². The second kappa shape index (κ2) is 6.50. The number of hydrogen-bond acceptors (Lipinski definition) is 3. The molecule has 0 spiro atoms. The zero-order valence-corrected chi connectivity index (χ0v) is 11.3. The third kappa shape index (κ3) is 5.07. The molecule has 1 aromatic rings. The van der Waals surface area contributed by atoms with Gasteiger partial charge in [-0.25, -0.2) is 4.98 Å². The number of aryl methyl sites for hydroxylation is 1. The van der Waals surface area contributed by atoms with Crippen molar-refractivity contribution in [1.82, 2.24) is 10.3 Å². The molecule has 1 aromatic heterocycles. The molecule has 0 saturated heterocycles. The number of pyridine rings is 1.